The number of hydrogen-bond acceptors (Lipinski definition) is 5. The molecule has 0 unspecified atom stereocenters. The monoisotopic (exact) mass is 323 g/mol. The van der Waals surface area contributed by atoms with Crippen LogP contribution in [0.1, 0.15) is 42.5 Å². The first-order valence-corrected chi connectivity index (χ1v) is 7.69. The Morgan fingerprint density at radius 3 is 2.39 bits per heavy atom. The van der Waals surface area contributed by atoms with E-state index in [9.17, 15) is 9.59 Å². The third-order valence-electron chi connectivity index (χ3n) is 3.47. The standard InChI is InChI=1S/C17H25NO5/c1-21-13-9-10-14(15(12-13)22-2)17(20)18-11-7-5-4-6-8-16(19)23-3/h9-10,12H,4-8,11H2,1-3H3,(H,18,20). The number of carbonyl (C=O) groups excluding carboxylic acids is 2. The summed E-state index contributed by atoms with van der Waals surface area (Å²) in [5.74, 6) is 0.785. The molecule has 0 saturated heterocycles. The van der Waals surface area contributed by atoms with Crippen LogP contribution in [0.25, 0.3) is 0 Å². The Morgan fingerprint density at radius 1 is 1.00 bits per heavy atom. The molecule has 1 N–H and O–H groups in total. The van der Waals surface area contributed by atoms with Crippen LogP contribution in [0.4, 0.5) is 0 Å². The fraction of sp³-hybridized carbons (Fsp3) is 0.529. The number of rotatable bonds is 10. The number of hydrogen-bond donors (Lipinski definition) is 1. The predicted octanol–water partition coefficient (Wildman–Crippen LogP) is 2.56. The Hall–Kier alpha value is -2.24. The average molecular weight is 323 g/mol. The highest BCUT2D eigenvalue weighted by Crippen LogP contribution is 2.24. The van der Waals surface area contributed by atoms with Crippen LogP contribution in [-0.4, -0.2) is 39.8 Å². The molecule has 1 amide bonds. The van der Waals surface area contributed by atoms with Crippen molar-refractivity contribution in [3.63, 3.8) is 0 Å². The Bertz CT molecular complexity index is 516. The summed E-state index contributed by atoms with van der Waals surface area (Å²) in [6, 6.07) is 5.09. The Morgan fingerprint density at radius 2 is 1.74 bits per heavy atom. The zero-order valence-electron chi connectivity index (χ0n) is 14.0. The lowest BCUT2D eigenvalue weighted by Crippen LogP contribution is -2.24. The number of carbonyl (C=O) groups is 2. The molecule has 23 heavy (non-hydrogen) atoms. The molecule has 1 aromatic carbocycles. The van der Waals surface area contributed by atoms with Gasteiger partial charge in [-0.25, -0.2) is 0 Å². The fourth-order valence-electron chi connectivity index (χ4n) is 2.13. The molecule has 0 radical (unpaired) electrons. The van der Waals surface area contributed by atoms with Crippen molar-refractivity contribution < 1.29 is 23.8 Å². The van der Waals surface area contributed by atoms with Crippen molar-refractivity contribution in [2.24, 2.45) is 0 Å². The van der Waals surface area contributed by atoms with E-state index in [0.717, 1.165) is 25.7 Å². The first kappa shape index (κ1) is 18.8. The summed E-state index contributed by atoms with van der Waals surface area (Å²) in [5, 5.41) is 2.87. The van der Waals surface area contributed by atoms with E-state index in [1.54, 1.807) is 25.3 Å². The molecule has 6 nitrogen and oxygen atoms in total. The van der Waals surface area contributed by atoms with Gasteiger partial charge in [-0.05, 0) is 25.0 Å². The molecule has 1 aromatic rings. The molecule has 128 valence electrons. The lowest BCUT2D eigenvalue weighted by molar-refractivity contribution is -0.140. The average Bonchev–Trinajstić information content (AvgIpc) is 2.59. The highest BCUT2D eigenvalue weighted by Gasteiger charge is 2.12. The van der Waals surface area contributed by atoms with E-state index in [-0.39, 0.29) is 11.9 Å². The van der Waals surface area contributed by atoms with Crippen LogP contribution in [0.2, 0.25) is 0 Å². The zero-order valence-corrected chi connectivity index (χ0v) is 14.0. The highest BCUT2D eigenvalue weighted by molar-refractivity contribution is 5.97. The van der Waals surface area contributed by atoms with Crippen LogP contribution in [0.15, 0.2) is 18.2 Å². The minimum Gasteiger partial charge on any atom is -0.497 e. The lowest BCUT2D eigenvalue weighted by atomic mass is 10.1. The molecule has 0 bridgehead atoms. The van der Waals surface area contributed by atoms with Crippen molar-refractivity contribution in [1.29, 1.82) is 0 Å². The second-order valence-electron chi connectivity index (χ2n) is 5.06. The number of ether oxygens (including phenoxy) is 3. The lowest BCUT2D eigenvalue weighted by Gasteiger charge is -2.10. The molecule has 0 heterocycles. The molecule has 0 aromatic heterocycles. The van der Waals surface area contributed by atoms with Crippen molar-refractivity contribution in [1.82, 2.24) is 5.32 Å². The van der Waals surface area contributed by atoms with E-state index < -0.39 is 0 Å². The Kier molecular flexibility index (Phi) is 8.57. The van der Waals surface area contributed by atoms with Gasteiger partial charge in [0, 0.05) is 19.0 Å². The van der Waals surface area contributed by atoms with E-state index >= 15 is 0 Å². The first-order valence-electron chi connectivity index (χ1n) is 7.69. The van der Waals surface area contributed by atoms with E-state index in [0.29, 0.717) is 30.0 Å². The molecular formula is C17H25NO5. The maximum Gasteiger partial charge on any atom is 0.305 e. The summed E-state index contributed by atoms with van der Waals surface area (Å²) in [5.41, 5.74) is 0.485. The van der Waals surface area contributed by atoms with Gasteiger partial charge in [0.1, 0.15) is 11.5 Å². The third-order valence-corrected chi connectivity index (χ3v) is 3.47. The molecule has 0 aliphatic rings. The van der Waals surface area contributed by atoms with Gasteiger partial charge in [-0.1, -0.05) is 12.8 Å². The second-order valence-corrected chi connectivity index (χ2v) is 5.06. The molecule has 0 aliphatic carbocycles. The van der Waals surface area contributed by atoms with Gasteiger partial charge < -0.3 is 19.5 Å². The van der Waals surface area contributed by atoms with Crippen molar-refractivity contribution in [3.8, 4) is 11.5 Å². The van der Waals surface area contributed by atoms with Crippen LogP contribution >= 0.6 is 0 Å². The van der Waals surface area contributed by atoms with E-state index in [2.05, 4.69) is 10.1 Å². The number of nitrogens with one attached hydrogen (secondary N) is 1. The smallest absolute Gasteiger partial charge is 0.305 e. The van der Waals surface area contributed by atoms with Gasteiger partial charge >= 0.3 is 5.97 Å². The first-order chi connectivity index (χ1) is 11.1. The number of methoxy groups -OCH3 is 3. The van der Waals surface area contributed by atoms with Gasteiger partial charge in [-0.3, -0.25) is 9.59 Å². The summed E-state index contributed by atoms with van der Waals surface area (Å²) in [6.45, 7) is 0.590. The number of esters is 1. The quantitative estimate of drug-likeness (QED) is 0.529. The maximum atomic E-state index is 12.1. The van der Waals surface area contributed by atoms with Gasteiger partial charge in [0.15, 0.2) is 0 Å². The van der Waals surface area contributed by atoms with Crippen molar-refractivity contribution in [2.75, 3.05) is 27.9 Å². The van der Waals surface area contributed by atoms with Crippen molar-refractivity contribution in [2.45, 2.75) is 32.1 Å². The second kappa shape index (κ2) is 10.5. The van der Waals surface area contributed by atoms with Gasteiger partial charge in [-0.15, -0.1) is 0 Å². The predicted molar refractivity (Wildman–Crippen MR) is 87.0 cm³/mol. The van der Waals surface area contributed by atoms with Gasteiger partial charge in [-0.2, -0.15) is 0 Å². The largest absolute Gasteiger partial charge is 0.497 e. The summed E-state index contributed by atoms with van der Waals surface area (Å²) in [6.07, 6.45) is 4.03. The summed E-state index contributed by atoms with van der Waals surface area (Å²) in [7, 11) is 4.48. The van der Waals surface area contributed by atoms with Crippen molar-refractivity contribution in [3.05, 3.63) is 23.8 Å². The van der Waals surface area contributed by atoms with Gasteiger partial charge in [0.05, 0.1) is 26.9 Å². The fourth-order valence-corrected chi connectivity index (χ4v) is 2.13. The SMILES string of the molecule is COC(=O)CCCCCCNC(=O)c1ccc(OC)cc1OC. The Balaban J connectivity index is 2.30. The molecule has 0 saturated carbocycles. The molecule has 0 fully saturated rings. The summed E-state index contributed by atoms with van der Waals surface area (Å²) < 4.78 is 14.9. The van der Waals surface area contributed by atoms with Gasteiger partial charge in [0.25, 0.3) is 5.91 Å². The van der Waals surface area contributed by atoms with E-state index in [1.165, 1.54) is 14.2 Å². The topological polar surface area (TPSA) is 73.9 Å². The van der Waals surface area contributed by atoms with Crippen LogP contribution in [0.3, 0.4) is 0 Å². The third kappa shape index (κ3) is 6.59. The van der Waals surface area contributed by atoms with Crippen LogP contribution < -0.4 is 14.8 Å². The summed E-state index contributed by atoms with van der Waals surface area (Å²) in [4.78, 5) is 23.1. The molecule has 0 aliphatic heterocycles. The normalized spacial score (nSPS) is 10.0. The molecule has 0 atom stereocenters. The van der Waals surface area contributed by atoms with Crippen LogP contribution in [0.5, 0.6) is 11.5 Å². The number of unbranched alkanes of at least 4 members (excludes halogenated alkanes) is 3. The highest BCUT2D eigenvalue weighted by atomic mass is 16.5. The molecule has 1 rings (SSSR count). The minimum absolute atomic E-state index is 0.168. The molecular weight excluding hydrogens is 298 g/mol. The van der Waals surface area contributed by atoms with Crippen LogP contribution in [0, 0.1) is 0 Å². The Labute approximate surface area is 137 Å². The molecule has 0 spiro atoms. The minimum atomic E-state index is -0.176. The maximum absolute atomic E-state index is 12.1. The summed E-state index contributed by atoms with van der Waals surface area (Å²) >= 11 is 0. The van der Waals surface area contributed by atoms with Crippen molar-refractivity contribution >= 4 is 11.9 Å². The zero-order chi connectivity index (χ0) is 17.1. The van der Waals surface area contributed by atoms with Gasteiger partial charge in [0.2, 0.25) is 0 Å². The van der Waals surface area contributed by atoms with E-state index in [4.69, 9.17) is 9.47 Å². The van der Waals surface area contributed by atoms with Crippen LogP contribution in [-0.2, 0) is 9.53 Å². The molecule has 6 heteroatoms. The number of amides is 1. The van der Waals surface area contributed by atoms with E-state index in [1.807, 2.05) is 0 Å². The number of benzene rings is 1.